The predicted molar refractivity (Wildman–Crippen MR) is 483 cm³/mol. The zero-order valence-electron chi connectivity index (χ0n) is 75.9. The van der Waals surface area contributed by atoms with Gasteiger partial charge < -0.3 is 94.8 Å². The van der Waals surface area contributed by atoms with Gasteiger partial charge in [-0.05, 0) is 149 Å². The maximum atomic E-state index is 14.8. The number of nitrogen functional groups attached to an aromatic ring is 2. The van der Waals surface area contributed by atoms with E-state index in [1.54, 1.807) is 62.8 Å². The molecule has 10 unspecified atom stereocenters. The average molecular weight is 1800 g/mol. The Kier molecular flexibility index (Phi) is 36.0. The first-order chi connectivity index (χ1) is 62.6. The summed E-state index contributed by atoms with van der Waals surface area (Å²) in [5.74, 6) is -8.25. The van der Waals surface area contributed by atoms with Gasteiger partial charge >= 0.3 is 5.97 Å². The highest BCUT2D eigenvalue weighted by molar-refractivity contribution is 6.39. The van der Waals surface area contributed by atoms with Crippen LogP contribution in [0.5, 0.6) is 0 Å². The second-order valence-electron chi connectivity index (χ2n) is 35.1. The van der Waals surface area contributed by atoms with Crippen LogP contribution in [0.3, 0.4) is 0 Å². The summed E-state index contributed by atoms with van der Waals surface area (Å²) in [6.07, 6.45) is 18.0. The van der Waals surface area contributed by atoms with Gasteiger partial charge in [-0.3, -0.25) is 28.8 Å². The number of oxazole rings is 1. The Hall–Kier alpha value is -10.5. The number of allylic oxidation sites excluding steroid dienone is 6. The van der Waals surface area contributed by atoms with Crippen molar-refractivity contribution in [2.45, 2.75) is 231 Å². The number of nitrogens with two attached hydrogens (primary N) is 3. The quantitative estimate of drug-likeness (QED) is 0.00938. The standard InChI is InChI=1S/C94H129N17O19/c1-58-17-10-9-11-18-59(2)77(122-7)51-70-26-22-63(6)94(121,130-70)87(118)90(119)110-32-14-12-21-73(110)91(120)128-78(52-74(112)60(3)46-62(5)85(116)86(117)84(115)61(4)45-58)71(95)48-64-23-27-76(79(49-64)123-8)127-56-65-19-16-20-66(47-65)68-53-99-93(100-54-68)108-36-34-107(35-37-108)81(114)29-25-69-55-109(106-104-69)38-40-125-42-44-126-43-41-124-39-30-80(113)98-31-13-15-33-111-89-82(88(96)101-57-102-89)83(105-111)67-24-28-75-72(50-67)103-92(97)129-75/h9-11,16-20,24,28,46-47,50,53-55,57-58,60-61,63-64,70-71,73,76-79,85-86,116-117,121H,12-15,21-23,25-27,29-45,48-49,51-52,56,95H2,1-8H3,(H2,97,103)(H,98,113)(H2,96,101,102)/b11-9+,17-10+,59-18+,62-46+/t58?,60?,61?,63-,64?,70+,71?,73?,76?,77?,78?,79-,85?,86+,94-/m1/s1. The summed E-state index contributed by atoms with van der Waals surface area (Å²) in [5.41, 5.74) is 26.7. The fraction of sp³-hybridized carbons (Fsp3) is 0.585. The van der Waals surface area contributed by atoms with Crippen LogP contribution in [0.1, 0.15) is 156 Å². The summed E-state index contributed by atoms with van der Waals surface area (Å²) in [5, 5.41) is 51.7. The Morgan fingerprint density at radius 2 is 1.52 bits per heavy atom. The van der Waals surface area contributed by atoms with Crippen molar-refractivity contribution in [3.63, 3.8) is 0 Å². The minimum atomic E-state index is -2.50. The first-order valence-corrected chi connectivity index (χ1v) is 45.6. The van der Waals surface area contributed by atoms with Gasteiger partial charge in [0.05, 0.1) is 88.3 Å². The Balaban J connectivity index is 0.546. The molecule has 5 aromatic heterocycles. The molecule has 5 aliphatic rings. The van der Waals surface area contributed by atoms with Gasteiger partial charge in [-0.1, -0.05) is 87.6 Å². The van der Waals surface area contributed by atoms with Crippen LogP contribution in [-0.2, 0) is 97.6 Å². The van der Waals surface area contributed by atoms with Crippen molar-refractivity contribution in [1.29, 1.82) is 0 Å². The van der Waals surface area contributed by atoms with Crippen LogP contribution in [0.25, 0.3) is 44.5 Å². The van der Waals surface area contributed by atoms with E-state index in [-0.39, 0.29) is 99.3 Å². The molecule has 15 atom stereocenters. The highest BCUT2D eigenvalue weighted by atomic mass is 16.6. The summed E-state index contributed by atoms with van der Waals surface area (Å²) >= 11 is 0. The van der Waals surface area contributed by atoms with Crippen LogP contribution < -0.4 is 27.4 Å². The number of unbranched alkanes of at least 4 members (excludes halogenated alkanes) is 1. The number of aromatic nitrogens is 10. The number of piperazine rings is 1. The van der Waals surface area contributed by atoms with Crippen LogP contribution in [0, 0.1) is 29.6 Å². The van der Waals surface area contributed by atoms with Gasteiger partial charge in [-0.15, -0.1) is 5.10 Å². The number of piperidine rings is 1. The summed E-state index contributed by atoms with van der Waals surface area (Å²) in [6.45, 7) is 16.4. The molecule has 9 heterocycles. The lowest BCUT2D eigenvalue weighted by Gasteiger charge is -2.42. The van der Waals surface area contributed by atoms with E-state index in [4.69, 9.17) is 74.6 Å². The fourth-order valence-electron chi connectivity index (χ4n) is 17.7. The molecule has 2 aromatic carbocycles. The molecule has 7 aromatic rings. The molecule has 36 heteroatoms. The number of aryl methyl sites for hydroxylation is 2. The van der Waals surface area contributed by atoms with E-state index in [0.717, 1.165) is 45.6 Å². The number of amides is 3. The van der Waals surface area contributed by atoms with Crippen molar-refractivity contribution in [3.05, 3.63) is 126 Å². The van der Waals surface area contributed by atoms with E-state index in [0.29, 0.717) is 188 Å². The van der Waals surface area contributed by atoms with Crippen LogP contribution in [-0.4, -0.2) is 270 Å². The maximum Gasteiger partial charge on any atom is 0.329 e. The van der Waals surface area contributed by atoms with Gasteiger partial charge in [-0.25, -0.2) is 34.1 Å². The number of carbonyl (C=O) groups is 7. The first kappa shape index (κ1) is 98.5. The van der Waals surface area contributed by atoms with Gasteiger partial charge in [0.25, 0.3) is 17.7 Å². The number of hydrogen-bond acceptors (Lipinski definition) is 31. The Morgan fingerprint density at radius 1 is 0.754 bits per heavy atom. The van der Waals surface area contributed by atoms with Crippen LogP contribution in [0.4, 0.5) is 17.8 Å². The molecule has 10 N–H and O–H groups in total. The number of cyclic esters (lactones) is 1. The van der Waals surface area contributed by atoms with Gasteiger partial charge in [0, 0.05) is 146 Å². The molecule has 2 bridgehead atoms. The first-order valence-electron chi connectivity index (χ1n) is 45.6. The monoisotopic (exact) mass is 1800 g/mol. The Morgan fingerprint density at radius 3 is 2.29 bits per heavy atom. The summed E-state index contributed by atoms with van der Waals surface area (Å²) < 4.78 is 57.1. The highest BCUT2D eigenvalue weighted by Gasteiger charge is 2.53. The number of fused-ring (bicyclic) bond motifs is 5. The number of carbonyl (C=O) groups excluding carboxylic acids is 7. The van der Waals surface area contributed by atoms with E-state index < -0.39 is 95.4 Å². The number of Topliss-reactive ketones (excluding diaryl/α,β-unsaturated/α-hetero) is 3. The number of aliphatic hydroxyl groups is 3. The number of anilines is 3. The maximum absolute atomic E-state index is 14.8. The molecule has 3 amide bonds. The van der Waals surface area contributed by atoms with Crippen molar-refractivity contribution in [3.8, 4) is 22.4 Å². The second kappa shape index (κ2) is 47.5. The van der Waals surface area contributed by atoms with E-state index in [1.807, 2.05) is 91.7 Å². The summed E-state index contributed by atoms with van der Waals surface area (Å²) in [7, 11) is 3.19. The lowest BCUT2D eigenvalue weighted by atomic mass is 9.80. The van der Waals surface area contributed by atoms with E-state index in [2.05, 4.69) is 35.5 Å². The number of esters is 1. The van der Waals surface area contributed by atoms with E-state index in [1.165, 1.54) is 19.3 Å². The molecule has 36 nitrogen and oxygen atoms in total. The Bertz CT molecular complexity index is 5080. The highest BCUT2D eigenvalue weighted by Crippen LogP contribution is 2.39. The molecule has 130 heavy (non-hydrogen) atoms. The van der Waals surface area contributed by atoms with E-state index >= 15 is 0 Å². The Labute approximate surface area is 757 Å². The number of nitrogens with zero attached hydrogens (tertiary/aromatic N) is 13. The van der Waals surface area contributed by atoms with Crippen molar-refractivity contribution < 1.29 is 91.2 Å². The second-order valence-corrected chi connectivity index (χ2v) is 35.1. The lowest BCUT2D eigenvalue weighted by molar-refractivity contribution is -0.265. The molecule has 1 aliphatic carbocycles. The number of methoxy groups -OCH3 is 2. The third-order valence-corrected chi connectivity index (χ3v) is 25.5. The molecule has 1 saturated carbocycles. The number of aliphatic hydroxyl groups excluding tert-OH is 2. The molecule has 3 saturated heterocycles. The fourth-order valence-corrected chi connectivity index (χ4v) is 17.7. The zero-order chi connectivity index (χ0) is 92.5. The number of benzene rings is 2. The van der Waals surface area contributed by atoms with Crippen molar-refractivity contribution in [1.82, 2.24) is 64.8 Å². The number of nitrogens with one attached hydrogen (secondary N) is 1. The van der Waals surface area contributed by atoms with Gasteiger partial charge in [-0.2, -0.15) is 10.1 Å². The molecule has 704 valence electrons. The smallest absolute Gasteiger partial charge is 0.329 e. The van der Waals surface area contributed by atoms with Crippen molar-refractivity contribution in [2.24, 2.45) is 35.3 Å². The van der Waals surface area contributed by atoms with Gasteiger partial charge in [0.2, 0.25) is 23.5 Å². The molecular formula is C94H129N17O19. The molecule has 12 rings (SSSR count). The minimum absolute atomic E-state index is 0.0134. The molecule has 0 radical (unpaired) electrons. The van der Waals surface area contributed by atoms with Gasteiger partial charge in [0.1, 0.15) is 53.5 Å². The van der Waals surface area contributed by atoms with E-state index in [9.17, 15) is 48.9 Å². The van der Waals surface area contributed by atoms with Gasteiger partial charge in [0.15, 0.2) is 17.0 Å². The van der Waals surface area contributed by atoms with Crippen LogP contribution in [0.2, 0.25) is 0 Å². The number of ketones is 3. The molecular weight excluding hydrogens is 1670 g/mol. The normalized spacial score (nSPS) is 26.8. The predicted octanol–water partition coefficient (Wildman–Crippen LogP) is 7.92. The minimum Gasteiger partial charge on any atom is -0.459 e. The topological polar surface area (TPSA) is 480 Å². The lowest BCUT2D eigenvalue weighted by Crippen LogP contribution is -2.61. The zero-order valence-corrected chi connectivity index (χ0v) is 75.9. The third-order valence-electron chi connectivity index (χ3n) is 25.5. The molecule has 4 aliphatic heterocycles. The number of ether oxygens (including phenoxy) is 8. The number of hydrogen-bond donors (Lipinski definition) is 7. The van der Waals surface area contributed by atoms with Crippen LogP contribution in [0.15, 0.2) is 119 Å². The van der Waals surface area contributed by atoms with Crippen molar-refractivity contribution >= 4 is 81.0 Å². The number of rotatable bonds is 31. The van der Waals surface area contributed by atoms with Crippen LogP contribution >= 0.6 is 0 Å². The van der Waals surface area contributed by atoms with Crippen molar-refractivity contribution in [2.75, 3.05) is 109 Å². The third kappa shape index (κ3) is 26.5. The summed E-state index contributed by atoms with van der Waals surface area (Å²) in [6, 6.07) is 11.4. The molecule has 0 spiro atoms. The largest absolute Gasteiger partial charge is 0.459 e. The SMILES string of the molecule is COC1C[C@@H]2CC[C@@H](C)[C@@](O)(O2)C(=O)C(=O)N2CCCCC2C(=O)OC(C(N)CC2CCC(OCc3cccc(-c4cnc(N5CCN(C(=O)CCc6cn(CCOCCOCCOCCC(=O)NCCCCn7nc(-c8ccc9oc(N)nc9c8)c8c(N)ncnc87)nn6)CC5)nc4)c3)[C@H](OC)C2)CC(=O)C(C)/C=C(\C)C(O)[C@@H](O)C(=O)C(C)CC(C)/C=C/C=C/C=C/1C. The summed E-state index contributed by atoms with van der Waals surface area (Å²) in [4.78, 5) is 125. The molecule has 4 fully saturated rings. The average Bonchev–Trinajstić information content (AvgIpc) is 1.39.